The molecule has 0 saturated heterocycles. The zero-order chi connectivity index (χ0) is 23.3. The van der Waals surface area contributed by atoms with Gasteiger partial charge in [0, 0.05) is 16.9 Å². The first kappa shape index (κ1) is 21.6. The number of urea groups is 1. The molecular formula is C27H34N6O. The fourth-order valence-electron chi connectivity index (χ4n) is 7.44. The van der Waals surface area contributed by atoms with Gasteiger partial charge in [-0.3, -0.25) is 10.6 Å². The van der Waals surface area contributed by atoms with E-state index in [4.69, 9.17) is 4.99 Å². The summed E-state index contributed by atoms with van der Waals surface area (Å²) in [5, 5.41) is 9.64. The number of hydrogen-bond acceptors (Lipinski definition) is 4. The third-order valence-electron chi connectivity index (χ3n) is 8.20. The molecule has 7 heteroatoms. The number of anilines is 1. The molecule has 0 unspecified atom stereocenters. The molecule has 0 atom stereocenters. The lowest BCUT2D eigenvalue weighted by atomic mass is 9.53. The van der Waals surface area contributed by atoms with Gasteiger partial charge in [0.1, 0.15) is 0 Å². The van der Waals surface area contributed by atoms with E-state index in [2.05, 4.69) is 50.2 Å². The standard InChI is InChI=1S/C27H34N6O/c1-16-7-17(2)29-24(28-16)31-25(30-23-11-21-5-3-4-6-22(21)12-23)32-26(34)33-27-13-18-8-19(14-27)10-20(9-18)15-27/h3-7,18-20,23H,8-15H2,1-2H3,(H3,28,29,30,31,32,33,34). The minimum absolute atomic E-state index is 0.0516. The predicted molar refractivity (Wildman–Crippen MR) is 133 cm³/mol. The first-order chi connectivity index (χ1) is 16.4. The Morgan fingerprint density at radius 1 is 0.941 bits per heavy atom. The van der Waals surface area contributed by atoms with Crippen LogP contribution in [0.5, 0.6) is 0 Å². The summed E-state index contributed by atoms with van der Waals surface area (Å²) in [7, 11) is 0. The summed E-state index contributed by atoms with van der Waals surface area (Å²) in [5.41, 5.74) is 4.36. The zero-order valence-electron chi connectivity index (χ0n) is 20.1. The number of amides is 2. The minimum atomic E-state index is -0.173. The van der Waals surface area contributed by atoms with Crippen LogP contribution in [0.3, 0.4) is 0 Å². The van der Waals surface area contributed by atoms with Crippen molar-refractivity contribution in [1.82, 2.24) is 20.6 Å². The summed E-state index contributed by atoms with van der Waals surface area (Å²) in [6.07, 6.45) is 9.13. The molecule has 2 aromatic rings. The van der Waals surface area contributed by atoms with Crippen LogP contribution in [0.4, 0.5) is 10.7 Å². The first-order valence-corrected chi connectivity index (χ1v) is 12.7. The molecule has 5 aliphatic carbocycles. The summed E-state index contributed by atoms with van der Waals surface area (Å²) < 4.78 is 0. The Kier molecular flexibility index (Phi) is 5.30. The van der Waals surface area contributed by atoms with E-state index in [0.717, 1.165) is 61.2 Å². The molecule has 3 N–H and O–H groups in total. The second-order valence-corrected chi connectivity index (χ2v) is 11.2. The number of guanidine groups is 1. The second kappa shape index (κ2) is 8.36. The Labute approximate surface area is 201 Å². The molecule has 34 heavy (non-hydrogen) atoms. The summed E-state index contributed by atoms with van der Waals surface area (Å²) in [6, 6.07) is 10.3. The minimum Gasteiger partial charge on any atom is -0.332 e. The molecule has 1 heterocycles. The van der Waals surface area contributed by atoms with Gasteiger partial charge in [0.05, 0.1) is 6.04 Å². The summed E-state index contributed by atoms with van der Waals surface area (Å²) in [4.78, 5) is 27.2. The van der Waals surface area contributed by atoms with Crippen molar-refractivity contribution >= 4 is 17.9 Å². The molecule has 1 aromatic heterocycles. The van der Waals surface area contributed by atoms with Crippen LogP contribution >= 0.6 is 0 Å². The van der Waals surface area contributed by atoms with Crippen molar-refractivity contribution in [2.45, 2.75) is 76.8 Å². The fraction of sp³-hybridized carbons (Fsp3) is 0.556. The van der Waals surface area contributed by atoms with Crippen molar-refractivity contribution < 1.29 is 4.79 Å². The van der Waals surface area contributed by atoms with Gasteiger partial charge in [0.2, 0.25) is 11.9 Å². The lowest BCUT2D eigenvalue weighted by Gasteiger charge is -2.56. The van der Waals surface area contributed by atoms with Gasteiger partial charge in [0.15, 0.2) is 0 Å². The maximum atomic E-state index is 13.3. The van der Waals surface area contributed by atoms with Crippen LogP contribution in [-0.2, 0) is 12.8 Å². The van der Waals surface area contributed by atoms with Gasteiger partial charge in [-0.15, -0.1) is 0 Å². The molecular weight excluding hydrogens is 424 g/mol. The highest BCUT2D eigenvalue weighted by Gasteiger charge is 2.51. The van der Waals surface area contributed by atoms with E-state index in [-0.39, 0.29) is 17.6 Å². The van der Waals surface area contributed by atoms with E-state index < -0.39 is 0 Å². The van der Waals surface area contributed by atoms with Crippen molar-refractivity contribution in [3.05, 3.63) is 52.8 Å². The van der Waals surface area contributed by atoms with Gasteiger partial charge in [0.25, 0.3) is 0 Å². The SMILES string of the molecule is Cc1cc(C)nc(NC(=NC2Cc3ccccc3C2)NC(=O)NC23CC4CC(CC(C4)C2)C3)n1. The zero-order valence-corrected chi connectivity index (χ0v) is 20.1. The van der Waals surface area contributed by atoms with Gasteiger partial charge in [-0.2, -0.15) is 0 Å². The summed E-state index contributed by atoms with van der Waals surface area (Å²) >= 11 is 0. The lowest BCUT2D eigenvalue weighted by molar-refractivity contribution is -0.0132. The normalized spacial score (nSPS) is 29.7. The number of carbonyl (C=O) groups excluding carboxylic acids is 1. The van der Waals surface area contributed by atoms with Gasteiger partial charge >= 0.3 is 6.03 Å². The van der Waals surface area contributed by atoms with Gasteiger partial charge in [-0.25, -0.2) is 19.8 Å². The highest BCUT2D eigenvalue weighted by molar-refractivity contribution is 6.03. The molecule has 4 bridgehead atoms. The number of fused-ring (bicyclic) bond motifs is 1. The van der Waals surface area contributed by atoms with Crippen LogP contribution in [0.2, 0.25) is 0 Å². The molecule has 0 aliphatic heterocycles. The third-order valence-corrected chi connectivity index (χ3v) is 8.20. The Morgan fingerprint density at radius 2 is 1.50 bits per heavy atom. The van der Waals surface area contributed by atoms with E-state index >= 15 is 0 Å². The van der Waals surface area contributed by atoms with Crippen molar-refractivity contribution in [1.29, 1.82) is 0 Å². The molecule has 178 valence electrons. The molecule has 7 rings (SSSR count). The second-order valence-electron chi connectivity index (χ2n) is 11.2. The Bertz CT molecular complexity index is 1060. The smallest absolute Gasteiger partial charge is 0.321 e. The Balaban J connectivity index is 1.20. The van der Waals surface area contributed by atoms with Gasteiger partial charge in [-0.05, 0) is 100 Å². The number of aromatic nitrogens is 2. The molecule has 0 radical (unpaired) electrons. The first-order valence-electron chi connectivity index (χ1n) is 12.7. The third kappa shape index (κ3) is 4.40. The molecule has 4 fully saturated rings. The van der Waals surface area contributed by atoms with Crippen LogP contribution in [0.1, 0.15) is 61.0 Å². The number of hydrogen-bond donors (Lipinski definition) is 3. The van der Waals surface area contributed by atoms with Crippen LogP contribution in [0.25, 0.3) is 0 Å². The van der Waals surface area contributed by atoms with Crippen molar-refractivity contribution in [2.75, 3.05) is 5.32 Å². The van der Waals surface area contributed by atoms with Crippen molar-refractivity contribution in [2.24, 2.45) is 22.7 Å². The molecule has 2 amide bonds. The average Bonchev–Trinajstić information content (AvgIpc) is 3.13. The molecule has 7 nitrogen and oxygen atoms in total. The monoisotopic (exact) mass is 458 g/mol. The molecule has 1 aromatic carbocycles. The van der Waals surface area contributed by atoms with Gasteiger partial charge in [-0.1, -0.05) is 24.3 Å². The number of aryl methyl sites for hydroxylation is 2. The predicted octanol–water partition coefficient (Wildman–Crippen LogP) is 4.30. The van der Waals surface area contributed by atoms with Crippen molar-refractivity contribution in [3.8, 4) is 0 Å². The number of benzene rings is 1. The number of rotatable bonds is 3. The Morgan fingerprint density at radius 3 is 2.06 bits per heavy atom. The largest absolute Gasteiger partial charge is 0.332 e. The highest BCUT2D eigenvalue weighted by atomic mass is 16.2. The lowest BCUT2D eigenvalue weighted by Crippen LogP contribution is -2.62. The summed E-state index contributed by atoms with van der Waals surface area (Å²) in [5.74, 6) is 3.21. The highest BCUT2D eigenvalue weighted by Crippen LogP contribution is 2.55. The quantitative estimate of drug-likeness (QED) is 0.472. The van der Waals surface area contributed by atoms with E-state index in [1.165, 1.54) is 30.4 Å². The molecule has 5 aliphatic rings. The van der Waals surface area contributed by atoms with E-state index in [0.29, 0.717) is 11.9 Å². The van der Waals surface area contributed by atoms with Crippen LogP contribution in [-0.4, -0.2) is 33.5 Å². The topological polar surface area (TPSA) is 91.3 Å². The summed E-state index contributed by atoms with van der Waals surface area (Å²) in [6.45, 7) is 3.88. The van der Waals surface area contributed by atoms with Gasteiger partial charge < -0.3 is 5.32 Å². The van der Waals surface area contributed by atoms with Crippen LogP contribution < -0.4 is 16.0 Å². The number of aliphatic imine (C=N–C) groups is 1. The van der Waals surface area contributed by atoms with E-state index in [1.54, 1.807) is 0 Å². The van der Waals surface area contributed by atoms with Crippen molar-refractivity contribution in [3.63, 3.8) is 0 Å². The maximum absolute atomic E-state index is 13.3. The average molecular weight is 459 g/mol. The maximum Gasteiger partial charge on any atom is 0.321 e. The number of nitrogens with zero attached hydrogens (tertiary/aromatic N) is 3. The van der Waals surface area contributed by atoms with E-state index in [9.17, 15) is 4.79 Å². The van der Waals surface area contributed by atoms with Crippen LogP contribution in [0.15, 0.2) is 35.3 Å². The van der Waals surface area contributed by atoms with E-state index in [1.807, 2.05) is 19.9 Å². The number of carbonyl (C=O) groups is 1. The molecule has 0 spiro atoms. The fourth-order valence-corrected chi connectivity index (χ4v) is 7.44. The number of nitrogens with one attached hydrogen (secondary N) is 3. The Hall–Kier alpha value is -2.96. The molecule has 4 saturated carbocycles. The van der Waals surface area contributed by atoms with Crippen LogP contribution in [0, 0.1) is 31.6 Å².